The number of halogens is 1. The smallest absolute Gasteiger partial charge is 0.242 e. The Labute approximate surface area is 239 Å². The lowest BCUT2D eigenvalue weighted by Gasteiger charge is -2.31. The van der Waals surface area contributed by atoms with E-state index in [0.29, 0.717) is 17.9 Å². The van der Waals surface area contributed by atoms with Crippen LogP contribution in [0.1, 0.15) is 24.0 Å². The molecule has 0 aromatic heterocycles. The van der Waals surface area contributed by atoms with Gasteiger partial charge in [-0.2, -0.15) is 0 Å². The van der Waals surface area contributed by atoms with Gasteiger partial charge >= 0.3 is 0 Å². The zero-order chi connectivity index (χ0) is 28.4. The van der Waals surface area contributed by atoms with Gasteiger partial charge in [0.2, 0.25) is 21.8 Å². The summed E-state index contributed by atoms with van der Waals surface area (Å²) in [4.78, 5) is 28.3. The second-order valence-electron chi connectivity index (χ2n) is 9.11. The number of rotatable bonds is 13. The fraction of sp³-hybridized carbons (Fsp3) is 0.310. The first-order valence-corrected chi connectivity index (χ1v) is 15.2. The van der Waals surface area contributed by atoms with Gasteiger partial charge in [-0.25, -0.2) is 8.42 Å². The van der Waals surface area contributed by atoms with Gasteiger partial charge in [0.1, 0.15) is 11.8 Å². The van der Waals surface area contributed by atoms with Crippen LogP contribution in [0.15, 0.2) is 83.3 Å². The van der Waals surface area contributed by atoms with Crippen LogP contribution in [0.25, 0.3) is 0 Å². The first-order valence-electron chi connectivity index (χ1n) is 12.5. The van der Waals surface area contributed by atoms with Gasteiger partial charge in [-0.3, -0.25) is 13.9 Å². The van der Waals surface area contributed by atoms with Crippen molar-refractivity contribution in [2.45, 2.75) is 31.8 Å². The van der Waals surface area contributed by atoms with Crippen molar-refractivity contribution < 1.29 is 22.7 Å². The predicted molar refractivity (Wildman–Crippen MR) is 157 cm³/mol. The molecule has 208 valence electrons. The van der Waals surface area contributed by atoms with Gasteiger partial charge < -0.3 is 15.0 Å². The van der Waals surface area contributed by atoms with Gasteiger partial charge in [0.05, 0.1) is 19.1 Å². The van der Waals surface area contributed by atoms with E-state index in [4.69, 9.17) is 4.74 Å². The minimum atomic E-state index is -3.59. The van der Waals surface area contributed by atoms with Gasteiger partial charge in [0.15, 0.2) is 0 Å². The Kier molecular flexibility index (Phi) is 10.9. The quantitative estimate of drug-likeness (QED) is 0.308. The Bertz CT molecular complexity index is 1350. The number of methoxy groups -OCH3 is 1. The highest BCUT2D eigenvalue weighted by Gasteiger charge is 2.30. The van der Waals surface area contributed by atoms with E-state index in [1.807, 2.05) is 54.6 Å². The number of sulfonamides is 1. The van der Waals surface area contributed by atoms with Crippen molar-refractivity contribution in [3.63, 3.8) is 0 Å². The summed E-state index contributed by atoms with van der Waals surface area (Å²) >= 11 is 3.48. The lowest BCUT2D eigenvalue weighted by Crippen LogP contribution is -2.49. The number of nitrogens with one attached hydrogen (secondary N) is 1. The summed E-state index contributed by atoms with van der Waals surface area (Å²) in [5.41, 5.74) is 2.29. The largest absolute Gasteiger partial charge is 0.497 e. The van der Waals surface area contributed by atoms with Crippen molar-refractivity contribution in [1.82, 2.24) is 10.2 Å². The summed E-state index contributed by atoms with van der Waals surface area (Å²) in [7, 11) is -0.488. The van der Waals surface area contributed by atoms with Crippen LogP contribution in [0.2, 0.25) is 0 Å². The number of amides is 2. The number of carbonyl (C=O) groups is 2. The molecule has 8 nitrogen and oxygen atoms in total. The maximum atomic E-state index is 13.7. The van der Waals surface area contributed by atoms with Crippen LogP contribution in [0.4, 0.5) is 5.69 Å². The third kappa shape index (κ3) is 8.83. The molecule has 10 heteroatoms. The van der Waals surface area contributed by atoms with E-state index < -0.39 is 16.1 Å². The van der Waals surface area contributed by atoms with Gasteiger partial charge in [0, 0.05) is 37.5 Å². The van der Waals surface area contributed by atoms with Crippen molar-refractivity contribution in [3.05, 3.63) is 94.5 Å². The van der Waals surface area contributed by atoms with Gasteiger partial charge in [-0.05, 0) is 53.9 Å². The van der Waals surface area contributed by atoms with E-state index in [2.05, 4.69) is 21.2 Å². The minimum Gasteiger partial charge on any atom is -0.497 e. The Balaban J connectivity index is 1.83. The number of ether oxygens (including phenoxy) is 1. The molecule has 0 saturated carbocycles. The number of likely N-dealkylation sites (N-methyl/N-ethyl adjacent to an activating group) is 1. The highest BCUT2D eigenvalue weighted by molar-refractivity contribution is 9.10. The monoisotopic (exact) mass is 615 g/mol. The SMILES string of the molecule is CNC(=O)C(Cc1ccccc1)N(Cc1cccc(Br)c1)C(=O)CCCN(c1ccc(OC)cc1)S(C)(=O)=O. The van der Waals surface area contributed by atoms with E-state index in [9.17, 15) is 18.0 Å². The Morgan fingerprint density at radius 1 is 0.974 bits per heavy atom. The summed E-state index contributed by atoms with van der Waals surface area (Å²) in [6.07, 6.45) is 1.83. The number of hydrogen-bond acceptors (Lipinski definition) is 5. The maximum absolute atomic E-state index is 13.7. The second-order valence-corrected chi connectivity index (χ2v) is 11.9. The van der Waals surface area contributed by atoms with Crippen LogP contribution in [-0.4, -0.2) is 58.1 Å². The van der Waals surface area contributed by atoms with Crippen molar-refractivity contribution in [2.24, 2.45) is 0 Å². The molecule has 0 heterocycles. The molecule has 3 aromatic carbocycles. The summed E-state index contributed by atoms with van der Waals surface area (Å²) in [5, 5.41) is 2.70. The average molecular weight is 617 g/mol. The topological polar surface area (TPSA) is 96.0 Å². The highest BCUT2D eigenvalue weighted by atomic mass is 79.9. The van der Waals surface area contributed by atoms with Crippen molar-refractivity contribution in [1.29, 1.82) is 0 Å². The van der Waals surface area contributed by atoms with E-state index >= 15 is 0 Å². The molecule has 0 fully saturated rings. The molecule has 1 unspecified atom stereocenters. The lowest BCUT2D eigenvalue weighted by molar-refractivity contribution is -0.141. The van der Waals surface area contributed by atoms with Crippen molar-refractivity contribution in [2.75, 3.05) is 31.3 Å². The normalized spacial score (nSPS) is 11.9. The Morgan fingerprint density at radius 3 is 2.23 bits per heavy atom. The van der Waals surface area contributed by atoms with E-state index in [1.165, 1.54) is 4.31 Å². The number of nitrogens with zero attached hydrogens (tertiary/aromatic N) is 2. The number of hydrogen-bond donors (Lipinski definition) is 1. The molecule has 39 heavy (non-hydrogen) atoms. The maximum Gasteiger partial charge on any atom is 0.242 e. The number of anilines is 1. The fourth-order valence-corrected chi connectivity index (χ4v) is 5.72. The van der Waals surface area contributed by atoms with Crippen molar-refractivity contribution >= 4 is 43.5 Å². The Hall–Kier alpha value is -3.37. The Morgan fingerprint density at radius 2 is 1.64 bits per heavy atom. The molecule has 0 spiro atoms. The first kappa shape index (κ1) is 30.2. The molecular weight excluding hydrogens is 582 g/mol. The standard InChI is InChI=1S/C29H34BrN3O5S/c1-31-29(35)27(20-22-9-5-4-6-10-22)32(21-23-11-7-12-24(30)19-23)28(34)13-8-18-33(39(3,36)37)25-14-16-26(38-2)17-15-25/h4-7,9-12,14-17,19,27H,8,13,18,20-21H2,1-3H3,(H,31,35). The molecule has 0 radical (unpaired) electrons. The summed E-state index contributed by atoms with van der Waals surface area (Å²) in [5.74, 6) is 0.116. The molecule has 0 saturated heterocycles. The summed E-state index contributed by atoms with van der Waals surface area (Å²) < 4.78 is 32.4. The van der Waals surface area contributed by atoms with Gasteiger partial charge in [-0.1, -0.05) is 58.4 Å². The number of carbonyl (C=O) groups excluding carboxylic acids is 2. The van der Waals surface area contributed by atoms with E-state index in [0.717, 1.165) is 21.9 Å². The molecule has 1 N–H and O–H groups in total. The predicted octanol–water partition coefficient (Wildman–Crippen LogP) is 4.39. The molecule has 0 aliphatic carbocycles. The van der Waals surface area contributed by atoms with Gasteiger partial charge in [0.25, 0.3) is 0 Å². The molecule has 0 aliphatic rings. The molecular formula is C29H34BrN3O5S. The van der Waals surface area contributed by atoms with Crippen LogP contribution < -0.4 is 14.4 Å². The van der Waals surface area contributed by atoms with Gasteiger partial charge in [-0.15, -0.1) is 0 Å². The molecule has 3 rings (SSSR count). The number of benzene rings is 3. The fourth-order valence-electron chi connectivity index (χ4n) is 4.30. The molecule has 0 bridgehead atoms. The lowest BCUT2D eigenvalue weighted by atomic mass is 10.0. The highest BCUT2D eigenvalue weighted by Crippen LogP contribution is 2.23. The third-order valence-electron chi connectivity index (χ3n) is 6.27. The molecule has 2 amide bonds. The van der Waals surface area contributed by atoms with E-state index in [1.54, 1.807) is 43.3 Å². The van der Waals surface area contributed by atoms with Crippen LogP contribution in [0.3, 0.4) is 0 Å². The zero-order valence-electron chi connectivity index (χ0n) is 22.3. The van der Waals surface area contributed by atoms with E-state index in [-0.39, 0.29) is 37.7 Å². The van der Waals surface area contributed by atoms with Crippen LogP contribution >= 0.6 is 15.9 Å². The molecule has 3 aromatic rings. The first-order chi connectivity index (χ1) is 18.6. The zero-order valence-corrected chi connectivity index (χ0v) is 24.7. The summed E-state index contributed by atoms with van der Waals surface area (Å²) in [6.45, 7) is 0.350. The third-order valence-corrected chi connectivity index (χ3v) is 7.96. The van der Waals surface area contributed by atoms with Crippen molar-refractivity contribution in [3.8, 4) is 5.75 Å². The second kappa shape index (κ2) is 14.1. The molecule has 0 aliphatic heterocycles. The van der Waals surface area contributed by atoms with Crippen LogP contribution in [0.5, 0.6) is 5.75 Å². The summed E-state index contributed by atoms with van der Waals surface area (Å²) in [6, 6.07) is 23.1. The minimum absolute atomic E-state index is 0.0679. The molecule has 1 atom stereocenters. The van der Waals surface area contributed by atoms with Crippen LogP contribution in [0, 0.1) is 0 Å². The average Bonchev–Trinajstić information content (AvgIpc) is 2.92. The van der Waals surface area contributed by atoms with Crippen LogP contribution in [-0.2, 0) is 32.6 Å².